The smallest absolute Gasteiger partial charge is 0.328 e. The lowest BCUT2D eigenvalue weighted by atomic mass is 9.78. The molecule has 1 aromatic heterocycles. The summed E-state index contributed by atoms with van der Waals surface area (Å²) in [6.45, 7) is -0.213. The molecule has 82 valence electrons. The summed E-state index contributed by atoms with van der Waals surface area (Å²) in [6, 6.07) is 0.618. The fourth-order valence-corrected chi connectivity index (χ4v) is 1.82. The average Bonchev–Trinajstić information content (AvgIpc) is 2.20. The predicted molar refractivity (Wildman–Crippen MR) is 50.4 cm³/mol. The van der Waals surface area contributed by atoms with E-state index in [-0.39, 0.29) is 6.61 Å². The van der Waals surface area contributed by atoms with E-state index in [1.54, 1.807) is 0 Å². The second-order valence-electron chi connectivity index (χ2n) is 3.71. The summed E-state index contributed by atoms with van der Waals surface area (Å²) in [5, 5.41) is 8.75. The van der Waals surface area contributed by atoms with Gasteiger partial charge in [0.25, 0.3) is 5.56 Å². The first-order valence-corrected chi connectivity index (χ1v) is 4.70. The molecule has 2 N–H and O–H groups in total. The van der Waals surface area contributed by atoms with Crippen molar-refractivity contribution in [3.05, 3.63) is 33.1 Å². The monoisotopic (exact) mass is 214 g/mol. The van der Waals surface area contributed by atoms with Gasteiger partial charge in [-0.1, -0.05) is 0 Å². The van der Waals surface area contributed by atoms with Gasteiger partial charge in [-0.2, -0.15) is 0 Å². The van der Waals surface area contributed by atoms with Gasteiger partial charge >= 0.3 is 5.69 Å². The summed E-state index contributed by atoms with van der Waals surface area (Å²) in [5.41, 5.74) is -1.10. The highest BCUT2D eigenvalue weighted by molar-refractivity contribution is 4.97. The van der Waals surface area contributed by atoms with Crippen LogP contribution in [0.4, 0.5) is 4.39 Å². The van der Waals surface area contributed by atoms with Crippen LogP contribution in [0.3, 0.4) is 0 Å². The Morgan fingerprint density at radius 1 is 1.60 bits per heavy atom. The average molecular weight is 214 g/mol. The number of hydrogen-bond donors (Lipinski definition) is 2. The highest BCUT2D eigenvalue weighted by atomic mass is 19.1. The van der Waals surface area contributed by atoms with Gasteiger partial charge in [0.1, 0.15) is 6.17 Å². The third-order valence-electron chi connectivity index (χ3n) is 2.81. The van der Waals surface area contributed by atoms with E-state index in [1.807, 2.05) is 0 Å². The number of H-pyrrole nitrogens is 1. The number of aromatic nitrogens is 2. The SMILES string of the molecule is O=c1ccn([C@H]2C[C@H](CO)[C@H]2F)c(=O)[nH]1. The Labute approximate surface area is 84.2 Å². The third kappa shape index (κ3) is 1.61. The van der Waals surface area contributed by atoms with Gasteiger partial charge < -0.3 is 5.11 Å². The van der Waals surface area contributed by atoms with E-state index in [0.717, 1.165) is 4.57 Å². The number of nitrogens with one attached hydrogen (secondary N) is 1. The summed E-state index contributed by atoms with van der Waals surface area (Å²) >= 11 is 0. The van der Waals surface area contributed by atoms with Crippen LogP contribution in [-0.4, -0.2) is 27.4 Å². The van der Waals surface area contributed by atoms with E-state index < -0.39 is 29.4 Å². The van der Waals surface area contributed by atoms with Gasteiger partial charge in [0.05, 0.1) is 6.04 Å². The zero-order chi connectivity index (χ0) is 11.0. The number of aliphatic hydroxyl groups excluding tert-OH is 1. The predicted octanol–water partition coefficient (Wildman–Crippen LogP) is -0.572. The van der Waals surface area contributed by atoms with Crippen LogP contribution in [0.2, 0.25) is 0 Å². The molecule has 1 aliphatic carbocycles. The van der Waals surface area contributed by atoms with Crippen LogP contribution < -0.4 is 11.2 Å². The molecule has 0 spiro atoms. The van der Waals surface area contributed by atoms with Crippen LogP contribution in [0.5, 0.6) is 0 Å². The second-order valence-corrected chi connectivity index (χ2v) is 3.71. The Hall–Kier alpha value is -1.43. The molecule has 1 aliphatic rings. The Bertz CT molecular complexity index is 467. The van der Waals surface area contributed by atoms with Crippen molar-refractivity contribution in [2.75, 3.05) is 6.61 Å². The summed E-state index contributed by atoms with van der Waals surface area (Å²) in [7, 11) is 0. The number of hydrogen-bond acceptors (Lipinski definition) is 3. The molecule has 0 unspecified atom stereocenters. The molecule has 5 nitrogen and oxygen atoms in total. The largest absolute Gasteiger partial charge is 0.396 e. The summed E-state index contributed by atoms with van der Waals surface area (Å²) < 4.78 is 14.6. The van der Waals surface area contributed by atoms with Crippen LogP contribution in [-0.2, 0) is 0 Å². The highest BCUT2D eigenvalue weighted by Crippen LogP contribution is 2.39. The first-order chi connectivity index (χ1) is 7.13. The van der Waals surface area contributed by atoms with E-state index >= 15 is 0 Å². The van der Waals surface area contributed by atoms with Crippen molar-refractivity contribution in [3.63, 3.8) is 0 Å². The Balaban J connectivity index is 2.26. The number of alkyl halides is 1. The molecule has 0 saturated heterocycles. The third-order valence-corrected chi connectivity index (χ3v) is 2.81. The first kappa shape index (κ1) is 10.1. The van der Waals surface area contributed by atoms with Crippen LogP contribution in [0.25, 0.3) is 0 Å². The van der Waals surface area contributed by atoms with Gasteiger partial charge in [-0.15, -0.1) is 0 Å². The molecule has 3 atom stereocenters. The Morgan fingerprint density at radius 2 is 2.33 bits per heavy atom. The molecule has 15 heavy (non-hydrogen) atoms. The highest BCUT2D eigenvalue weighted by Gasteiger charge is 2.42. The van der Waals surface area contributed by atoms with E-state index in [0.29, 0.717) is 6.42 Å². The number of nitrogens with zero attached hydrogens (tertiary/aromatic N) is 1. The van der Waals surface area contributed by atoms with Crippen molar-refractivity contribution in [1.82, 2.24) is 9.55 Å². The molecule has 6 heteroatoms. The fraction of sp³-hybridized carbons (Fsp3) is 0.556. The molecule has 0 aliphatic heterocycles. The molecular weight excluding hydrogens is 203 g/mol. The number of rotatable bonds is 2. The molecular formula is C9H11FN2O3. The van der Waals surface area contributed by atoms with Crippen molar-refractivity contribution in [3.8, 4) is 0 Å². The molecule has 2 rings (SSSR count). The molecule has 0 bridgehead atoms. The van der Waals surface area contributed by atoms with Gasteiger partial charge in [-0.3, -0.25) is 14.3 Å². The van der Waals surface area contributed by atoms with Crippen molar-refractivity contribution in [1.29, 1.82) is 0 Å². The number of aromatic amines is 1. The molecule has 1 aromatic rings. The van der Waals surface area contributed by atoms with Gasteiger partial charge in [0.15, 0.2) is 0 Å². The van der Waals surface area contributed by atoms with Crippen LogP contribution in [0, 0.1) is 5.92 Å². The van der Waals surface area contributed by atoms with Crippen molar-refractivity contribution < 1.29 is 9.50 Å². The maximum Gasteiger partial charge on any atom is 0.328 e. The summed E-state index contributed by atoms with van der Waals surface area (Å²) in [5.74, 6) is -0.395. The lowest BCUT2D eigenvalue weighted by Gasteiger charge is -2.39. The van der Waals surface area contributed by atoms with Crippen molar-refractivity contribution >= 4 is 0 Å². The summed E-state index contributed by atoms with van der Waals surface area (Å²) in [4.78, 5) is 24.1. The van der Waals surface area contributed by atoms with E-state index in [2.05, 4.69) is 4.98 Å². The van der Waals surface area contributed by atoms with Gasteiger partial charge in [-0.25, -0.2) is 9.18 Å². The Morgan fingerprint density at radius 3 is 2.87 bits per heavy atom. The Kier molecular flexibility index (Phi) is 2.44. The van der Waals surface area contributed by atoms with E-state index in [9.17, 15) is 14.0 Å². The fourth-order valence-electron chi connectivity index (χ4n) is 1.82. The van der Waals surface area contributed by atoms with Gasteiger partial charge in [0, 0.05) is 24.8 Å². The maximum atomic E-state index is 13.4. The molecule has 1 heterocycles. The minimum Gasteiger partial charge on any atom is -0.396 e. The zero-order valence-electron chi connectivity index (χ0n) is 7.89. The summed E-state index contributed by atoms with van der Waals surface area (Å²) in [6.07, 6.45) is 0.480. The van der Waals surface area contributed by atoms with Crippen molar-refractivity contribution in [2.24, 2.45) is 5.92 Å². The maximum absolute atomic E-state index is 13.4. The number of aliphatic hydroxyl groups is 1. The molecule has 1 saturated carbocycles. The number of halogens is 1. The molecule has 1 fully saturated rings. The van der Waals surface area contributed by atoms with Crippen LogP contribution >= 0.6 is 0 Å². The van der Waals surface area contributed by atoms with E-state index in [4.69, 9.17) is 5.11 Å². The normalized spacial score (nSPS) is 29.9. The van der Waals surface area contributed by atoms with Gasteiger partial charge in [0.2, 0.25) is 0 Å². The van der Waals surface area contributed by atoms with Crippen LogP contribution in [0.1, 0.15) is 12.5 Å². The molecule has 0 radical (unpaired) electrons. The molecule has 0 amide bonds. The first-order valence-electron chi connectivity index (χ1n) is 4.70. The minimum absolute atomic E-state index is 0.213. The zero-order valence-corrected chi connectivity index (χ0v) is 7.89. The van der Waals surface area contributed by atoms with E-state index in [1.165, 1.54) is 12.3 Å². The lowest BCUT2D eigenvalue weighted by Crippen LogP contribution is -2.46. The second kappa shape index (κ2) is 3.62. The topological polar surface area (TPSA) is 75.1 Å². The van der Waals surface area contributed by atoms with Crippen LogP contribution in [0.15, 0.2) is 21.9 Å². The minimum atomic E-state index is -1.22. The molecule has 0 aromatic carbocycles. The lowest BCUT2D eigenvalue weighted by molar-refractivity contribution is -0.000381. The van der Waals surface area contributed by atoms with Crippen molar-refractivity contribution in [2.45, 2.75) is 18.6 Å². The standard InChI is InChI=1S/C9H11FN2O3/c10-8-5(4-13)3-6(8)12-2-1-7(14)11-9(12)15/h1-2,5-6,8,13H,3-4H2,(H,11,14,15)/t5-,6+,8-/m1/s1. The quantitative estimate of drug-likeness (QED) is 0.692. The van der Waals surface area contributed by atoms with Gasteiger partial charge in [-0.05, 0) is 6.42 Å².